The van der Waals surface area contributed by atoms with E-state index in [1.165, 1.54) is 42.3 Å². The maximum absolute atomic E-state index is 14.1. The third-order valence-corrected chi connectivity index (χ3v) is 8.50. The Morgan fingerprint density at radius 3 is 2.47 bits per heavy atom. The Labute approximate surface area is 259 Å². The molecule has 3 aromatic carbocycles. The van der Waals surface area contributed by atoms with Crippen LogP contribution in [0.3, 0.4) is 0 Å². The Kier molecular flexibility index (Phi) is 9.12. The fourth-order valence-corrected chi connectivity index (χ4v) is 6.36. The zero-order valence-corrected chi connectivity index (χ0v) is 26.3. The number of carbonyl (C=O) groups is 1. The van der Waals surface area contributed by atoms with Gasteiger partial charge in [-0.2, -0.15) is 0 Å². The standard InChI is InChI=1S/C32H28BrFN2O6S/c1-5-41-31(38)28-18(2)35-32-36(29(28)22-15-25(39-3)26(40-4)16-23(22)33)30(37)27(43-32)14-20-8-6-7-9-24(20)42-17-19-10-12-21(34)13-11-19/h6-16,29H,5,17H2,1-4H3/b27-14-/t29-/m1/s1. The predicted molar refractivity (Wildman–Crippen MR) is 165 cm³/mol. The van der Waals surface area contributed by atoms with Gasteiger partial charge in [-0.05, 0) is 61.4 Å². The highest BCUT2D eigenvalue weighted by Crippen LogP contribution is 2.40. The van der Waals surface area contributed by atoms with Gasteiger partial charge >= 0.3 is 5.97 Å². The Balaban J connectivity index is 1.64. The first-order valence-electron chi connectivity index (χ1n) is 13.3. The summed E-state index contributed by atoms with van der Waals surface area (Å²) in [4.78, 5) is 32.5. The maximum Gasteiger partial charge on any atom is 0.338 e. The smallest absolute Gasteiger partial charge is 0.338 e. The number of ether oxygens (including phenoxy) is 4. The average molecular weight is 668 g/mol. The molecule has 0 saturated carbocycles. The summed E-state index contributed by atoms with van der Waals surface area (Å²) in [7, 11) is 3.05. The number of nitrogens with zero attached hydrogens (tertiary/aromatic N) is 2. The molecule has 222 valence electrons. The van der Waals surface area contributed by atoms with Gasteiger partial charge in [-0.15, -0.1) is 0 Å². The molecule has 0 fully saturated rings. The second kappa shape index (κ2) is 13.0. The number of methoxy groups -OCH3 is 2. The van der Waals surface area contributed by atoms with E-state index in [0.717, 1.165) is 5.56 Å². The van der Waals surface area contributed by atoms with E-state index in [1.54, 1.807) is 50.3 Å². The molecule has 1 aliphatic heterocycles. The first-order chi connectivity index (χ1) is 20.7. The summed E-state index contributed by atoms with van der Waals surface area (Å²) in [5, 5.41) is 0. The van der Waals surface area contributed by atoms with Gasteiger partial charge in [0.05, 0.1) is 42.7 Å². The van der Waals surface area contributed by atoms with Gasteiger partial charge in [0.1, 0.15) is 18.2 Å². The molecule has 2 heterocycles. The number of halogens is 2. The van der Waals surface area contributed by atoms with Crippen LogP contribution in [0.1, 0.15) is 36.6 Å². The average Bonchev–Trinajstić information content (AvgIpc) is 3.30. The lowest BCUT2D eigenvalue weighted by atomic mass is 9.95. The number of hydrogen-bond acceptors (Lipinski definition) is 8. The van der Waals surface area contributed by atoms with E-state index in [1.807, 2.05) is 18.2 Å². The van der Waals surface area contributed by atoms with Crippen LogP contribution in [0, 0.1) is 5.82 Å². The molecule has 4 aromatic rings. The van der Waals surface area contributed by atoms with Crippen molar-refractivity contribution in [2.75, 3.05) is 20.8 Å². The second-order valence-electron chi connectivity index (χ2n) is 9.48. The van der Waals surface area contributed by atoms with Gasteiger partial charge in [0, 0.05) is 10.0 Å². The lowest BCUT2D eigenvalue weighted by Gasteiger charge is -2.26. The van der Waals surface area contributed by atoms with Crippen LogP contribution in [0.4, 0.5) is 4.39 Å². The number of esters is 1. The highest BCUT2D eigenvalue weighted by molar-refractivity contribution is 9.10. The Bertz CT molecular complexity index is 1900. The van der Waals surface area contributed by atoms with E-state index in [9.17, 15) is 14.0 Å². The molecule has 8 nitrogen and oxygen atoms in total. The van der Waals surface area contributed by atoms with E-state index in [2.05, 4.69) is 20.9 Å². The number of fused-ring (bicyclic) bond motifs is 1. The molecular formula is C32H28BrFN2O6S. The molecule has 0 bridgehead atoms. The second-order valence-corrected chi connectivity index (χ2v) is 11.3. The van der Waals surface area contributed by atoms with Crippen molar-refractivity contribution in [3.63, 3.8) is 0 Å². The number of thiazole rings is 1. The summed E-state index contributed by atoms with van der Waals surface area (Å²) in [6.45, 7) is 3.83. The largest absolute Gasteiger partial charge is 0.493 e. The van der Waals surface area contributed by atoms with Crippen molar-refractivity contribution < 1.29 is 28.1 Å². The van der Waals surface area contributed by atoms with Gasteiger partial charge in [0.2, 0.25) is 0 Å². The molecule has 43 heavy (non-hydrogen) atoms. The molecule has 0 amide bonds. The summed E-state index contributed by atoms with van der Waals surface area (Å²) in [5.41, 5.74) is 2.44. The summed E-state index contributed by atoms with van der Waals surface area (Å²) in [5.74, 6) is 0.595. The quantitative estimate of drug-likeness (QED) is 0.226. The molecule has 0 unspecified atom stereocenters. The van der Waals surface area contributed by atoms with Gasteiger partial charge < -0.3 is 18.9 Å². The maximum atomic E-state index is 14.1. The van der Waals surface area contributed by atoms with E-state index in [-0.39, 0.29) is 30.2 Å². The van der Waals surface area contributed by atoms with Crippen molar-refractivity contribution in [2.24, 2.45) is 4.99 Å². The Morgan fingerprint density at radius 1 is 1.07 bits per heavy atom. The minimum atomic E-state index is -0.850. The Hall–Kier alpha value is -4.22. The molecule has 0 saturated heterocycles. The predicted octanol–water partition coefficient (Wildman–Crippen LogP) is 5.30. The lowest BCUT2D eigenvalue weighted by Crippen LogP contribution is -2.40. The van der Waals surface area contributed by atoms with Gasteiger partial charge in [-0.3, -0.25) is 9.36 Å². The molecule has 5 rings (SSSR count). The summed E-state index contributed by atoms with van der Waals surface area (Å²) in [6.07, 6.45) is 1.74. The van der Waals surface area contributed by atoms with Crippen LogP contribution >= 0.6 is 27.3 Å². The molecule has 0 radical (unpaired) electrons. The highest BCUT2D eigenvalue weighted by Gasteiger charge is 2.35. The van der Waals surface area contributed by atoms with Gasteiger partial charge in [0.25, 0.3) is 5.56 Å². The van der Waals surface area contributed by atoms with Gasteiger partial charge in [-0.1, -0.05) is 57.6 Å². The third kappa shape index (κ3) is 6.14. The van der Waals surface area contributed by atoms with Crippen molar-refractivity contribution in [1.29, 1.82) is 0 Å². The molecule has 1 aliphatic rings. The lowest BCUT2D eigenvalue weighted by molar-refractivity contribution is -0.139. The van der Waals surface area contributed by atoms with Crippen LogP contribution in [0.25, 0.3) is 6.08 Å². The number of hydrogen-bond donors (Lipinski definition) is 0. The zero-order valence-electron chi connectivity index (χ0n) is 23.9. The van der Waals surface area contributed by atoms with E-state index in [0.29, 0.717) is 47.9 Å². The van der Waals surface area contributed by atoms with Crippen LogP contribution in [-0.2, 0) is 16.1 Å². The summed E-state index contributed by atoms with van der Waals surface area (Å²) < 4.78 is 38.3. The number of rotatable bonds is 9. The molecule has 0 spiro atoms. The van der Waals surface area contributed by atoms with Crippen molar-refractivity contribution in [1.82, 2.24) is 4.57 Å². The van der Waals surface area contributed by atoms with E-state index >= 15 is 0 Å². The first-order valence-corrected chi connectivity index (χ1v) is 14.9. The van der Waals surface area contributed by atoms with E-state index in [4.69, 9.17) is 18.9 Å². The van der Waals surface area contributed by atoms with Crippen LogP contribution in [-0.4, -0.2) is 31.4 Å². The molecule has 0 aliphatic carbocycles. The fraction of sp³-hybridized carbons (Fsp3) is 0.219. The minimum absolute atomic E-state index is 0.161. The molecule has 1 atom stereocenters. The van der Waals surface area contributed by atoms with Crippen molar-refractivity contribution in [3.05, 3.63) is 119 Å². The summed E-state index contributed by atoms with van der Waals surface area (Å²) in [6, 6.07) is 16.0. The van der Waals surface area contributed by atoms with Crippen molar-refractivity contribution >= 4 is 39.3 Å². The molecule has 1 aromatic heterocycles. The van der Waals surface area contributed by atoms with Crippen LogP contribution in [0.15, 0.2) is 86.2 Å². The van der Waals surface area contributed by atoms with E-state index < -0.39 is 12.0 Å². The number of allylic oxidation sites excluding steroid dienone is 1. The SMILES string of the molecule is CCOC(=O)C1=C(C)N=c2s/c(=C\c3ccccc3OCc3ccc(F)cc3)c(=O)n2[C@@H]1c1cc(OC)c(OC)cc1Br. The zero-order chi connectivity index (χ0) is 30.7. The van der Waals surface area contributed by atoms with Crippen LogP contribution in [0.2, 0.25) is 0 Å². The molecule has 0 N–H and O–H groups in total. The molecule has 11 heteroatoms. The normalized spacial score (nSPS) is 14.7. The first kappa shape index (κ1) is 30.2. The number of benzene rings is 3. The topological polar surface area (TPSA) is 88.4 Å². The number of para-hydroxylation sites is 1. The number of carbonyl (C=O) groups excluding carboxylic acids is 1. The van der Waals surface area contributed by atoms with Crippen molar-refractivity contribution in [2.45, 2.75) is 26.5 Å². The highest BCUT2D eigenvalue weighted by atomic mass is 79.9. The number of aromatic nitrogens is 1. The fourth-order valence-electron chi connectivity index (χ4n) is 4.78. The summed E-state index contributed by atoms with van der Waals surface area (Å²) >= 11 is 4.82. The third-order valence-electron chi connectivity index (χ3n) is 6.83. The van der Waals surface area contributed by atoms with Crippen molar-refractivity contribution in [3.8, 4) is 17.2 Å². The van der Waals surface area contributed by atoms with Crippen LogP contribution in [0.5, 0.6) is 17.2 Å². The monoisotopic (exact) mass is 666 g/mol. The Morgan fingerprint density at radius 2 is 1.77 bits per heavy atom. The van der Waals surface area contributed by atoms with Crippen LogP contribution < -0.4 is 29.1 Å². The van der Waals surface area contributed by atoms with Gasteiger partial charge in [0.15, 0.2) is 16.3 Å². The van der Waals surface area contributed by atoms with Gasteiger partial charge in [-0.25, -0.2) is 14.2 Å². The minimum Gasteiger partial charge on any atom is -0.493 e. The molecular weight excluding hydrogens is 639 g/mol.